The number of anilines is 1. The zero-order valence-corrected chi connectivity index (χ0v) is 27.8. The van der Waals surface area contributed by atoms with Crippen molar-refractivity contribution in [2.45, 2.75) is 24.7 Å². The molecule has 1 saturated carbocycles. The Kier molecular flexibility index (Phi) is 6.97. The van der Waals surface area contributed by atoms with E-state index in [-0.39, 0.29) is 17.6 Å². The molecule has 2 aliphatic carbocycles. The summed E-state index contributed by atoms with van der Waals surface area (Å²) in [6, 6.07) is 40.1. The van der Waals surface area contributed by atoms with Crippen molar-refractivity contribution in [1.82, 2.24) is 0 Å². The number of imide groups is 1. The van der Waals surface area contributed by atoms with Gasteiger partial charge in [-0.1, -0.05) is 103 Å². The number of rotatable bonds is 7. The van der Waals surface area contributed by atoms with Crippen LogP contribution in [0.2, 0.25) is 0 Å². The Labute approximate surface area is 285 Å². The Hall–Kier alpha value is -5.75. The standard InChI is InChI=1S/C43H35NO5/c1-26-15-24-34(27(2)25-26)44-39(45)37-38(40(44)46)43(31-13-9-6-10-14-31)36(29-18-22-33(49-4)23-19-29)35(28-16-20-32(48-3)21-17-28)42(37,41(43)47)30-11-7-5-8-12-30/h5-25,37-38H,1-4H3/t37-,38+,42-,43-/m1/s1. The number of nitrogens with zero attached hydrogens (tertiary/aromatic N) is 1. The zero-order chi connectivity index (χ0) is 34.1. The summed E-state index contributed by atoms with van der Waals surface area (Å²) in [6.07, 6.45) is 0. The van der Waals surface area contributed by atoms with Crippen LogP contribution in [0.4, 0.5) is 5.69 Å². The van der Waals surface area contributed by atoms with Crippen LogP contribution < -0.4 is 14.4 Å². The quantitative estimate of drug-likeness (QED) is 0.171. The molecule has 0 N–H and O–H groups in total. The predicted molar refractivity (Wildman–Crippen MR) is 189 cm³/mol. The highest BCUT2D eigenvalue weighted by Crippen LogP contribution is 2.74. The minimum atomic E-state index is -1.48. The lowest BCUT2D eigenvalue weighted by molar-refractivity contribution is -0.130. The summed E-state index contributed by atoms with van der Waals surface area (Å²) in [7, 11) is 3.23. The summed E-state index contributed by atoms with van der Waals surface area (Å²) < 4.78 is 11.1. The highest BCUT2D eigenvalue weighted by Gasteiger charge is 2.82. The van der Waals surface area contributed by atoms with E-state index >= 15 is 14.4 Å². The molecule has 49 heavy (non-hydrogen) atoms. The first-order valence-corrected chi connectivity index (χ1v) is 16.4. The van der Waals surface area contributed by atoms with E-state index in [4.69, 9.17) is 9.47 Å². The number of hydrogen-bond donors (Lipinski definition) is 0. The number of benzene rings is 5. The third kappa shape index (κ3) is 3.97. The van der Waals surface area contributed by atoms with Gasteiger partial charge >= 0.3 is 0 Å². The van der Waals surface area contributed by atoms with Gasteiger partial charge in [-0.15, -0.1) is 0 Å². The second-order valence-corrected chi connectivity index (χ2v) is 13.1. The number of methoxy groups -OCH3 is 2. The summed E-state index contributed by atoms with van der Waals surface area (Å²) in [5, 5.41) is 0. The second-order valence-electron chi connectivity index (χ2n) is 13.1. The third-order valence-electron chi connectivity index (χ3n) is 10.8. The summed E-state index contributed by atoms with van der Waals surface area (Å²) >= 11 is 0. The van der Waals surface area contributed by atoms with Gasteiger partial charge in [0.2, 0.25) is 11.8 Å². The van der Waals surface area contributed by atoms with Crippen molar-refractivity contribution in [1.29, 1.82) is 0 Å². The SMILES string of the molecule is COc1ccc(C2=C(c3ccc(OC)cc3)[C@@]3(c4ccccc4)C(=O)[C@@]2(c2ccccc2)[C@@H]2C(=O)N(c4ccc(C)cc4C)C(=O)[C@@H]23)cc1. The number of aryl methyl sites for hydroxylation is 2. The van der Waals surface area contributed by atoms with E-state index < -0.39 is 22.7 Å². The van der Waals surface area contributed by atoms with Crippen LogP contribution in [0.1, 0.15) is 33.4 Å². The molecule has 1 saturated heterocycles. The van der Waals surface area contributed by atoms with Gasteiger partial charge in [0.25, 0.3) is 0 Å². The molecule has 0 spiro atoms. The van der Waals surface area contributed by atoms with Gasteiger partial charge in [0.1, 0.15) is 11.5 Å². The minimum absolute atomic E-state index is 0.161. The molecule has 5 aromatic carbocycles. The van der Waals surface area contributed by atoms with Gasteiger partial charge in [-0.3, -0.25) is 14.4 Å². The number of ether oxygens (including phenoxy) is 2. The number of hydrogen-bond acceptors (Lipinski definition) is 5. The van der Waals surface area contributed by atoms with E-state index in [1.807, 2.05) is 141 Å². The molecule has 6 heteroatoms. The largest absolute Gasteiger partial charge is 0.497 e. The first-order valence-electron chi connectivity index (χ1n) is 16.4. The average Bonchev–Trinajstić information content (AvgIpc) is 3.64. The fourth-order valence-electron chi connectivity index (χ4n) is 8.93. The van der Waals surface area contributed by atoms with Crippen LogP contribution in [-0.2, 0) is 25.2 Å². The molecule has 242 valence electrons. The molecule has 6 nitrogen and oxygen atoms in total. The molecule has 1 aliphatic heterocycles. The van der Waals surface area contributed by atoms with Crippen LogP contribution in [0, 0.1) is 25.7 Å². The average molecular weight is 646 g/mol. The van der Waals surface area contributed by atoms with Crippen molar-refractivity contribution in [2.24, 2.45) is 11.8 Å². The molecular weight excluding hydrogens is 610 g/mol. The number of allylic oxidation sites excluding steroid dienone is 2. The molecule has 0 aromatic heterocycles. The molecule has 0 radical (unpaired) electrons. The first-order chi connectivity index (χ1) is 23.8. The van der Waals surface area contributed by atoms with Crippen LogP contribution in [0.15, 0.2) is 127 Å². The fraction of sp³-hybridized carbons (Fsp3) is 0.186. The maximum absolute atomic E-state index is 16.1. The molecule has 2 amide bonds. The summed E-state index contributed by atoms with van der Waals surface area (Å²) in [5.41, 5.74) is 3.83. The topological polar surface area (TPSA) is 72.9 Å². The lowest BCUT2D eigenvalue weighted by atomic mass is 9.59. The lowest BCUT2D eigenvalue weighted by Crippen LogP contribution is -2.45. The van der Waals surface area contributed by atoms with Gasteiger partial charge < -0.3 is 9.47 Å². The molecule has 5 aromatic rings. The number of fused-ring (bicyclic) bond motifs is 5. The maximum atomic E-state index is 16.1. The van der Waals surface area contributed by atoms with Crippen molar-refractivity contribution < 1.29 is 23.9 Å². The summed E-state index contributed by atoms with van der Waals surface area (Å²) in [5.74, 6) is -1.53. The Morgan fingerprint density at radius 2 is 0.980 bits per heavy atom. The highest BCUT2D eigenvalue weighted by atomic mass is 16.5. The molecule has 1 heterocycles. The van der Waals surface area contributed by atoms with Crippen molar-refractivity contribution in [3.63, 3.8) is 0 Å². The molecule has 3 aliphatic rings. The second kappa shape index (κ2) is 11.2. The fourth-order valence-corrected chi connectivity index (χ4v) is 8.93. The maximum Gasteiger partial charge on any atom is 0.239 e. The molecule has 4 atom stereocenters. The van der Waals surface area contributed by atoms with Crippen molar-refractivity contribution in [3.05, 3.63) is 161 Å². The van der Waals surface area contributed by atoms with Crippen LogP contribution in [0.5, 0.6) is 11.5 Å². The smallest absolute Gasteiger partial charge is 0.239 e. The number of carbonyl (C=O) groups excluding carboxylic acids is 3. The number of Topliss-reactive ketones (excluding diaryl/α,β-unsaturated/α-hetero) is 1. The van der Waals surface area contributed by atoms with Gasteiger partial charge in [-0.25, -0.2) is 4.90 Å². The van der Waals surface area contributed by atoms with Crippen LogP contribution in [0.25, 0.3) is 11.1 Å². The van der Waals surface area contributed by atoms with E-state index in [1.165, 1.54) is 4.90 Å². The van der Waals surface area contributed by atoms with Crippen LogP contribution in [0.3, 0.4) is 0 Å². The van der Waals surface area contributed by atoms with Gasteiger partial charge in [-0.2, -0.15) is 0 Å². The lowest BCUT2D eigenvalue weighted by Gasteiger charge is -2.39. The van der Waals surface area contributed by atoms with Gasteiger partial charge in [0, 0.05) is 0 Å². The van der Waals surface area contributed by atoms with E-state index in [0.29, 0.717) is 28.3 Å². The Morgan fingerprint density at radius 3 is 1.37 bits per heavy atom. The third-order valence-corrected chi connectivity index (χ3v) is 10.8. The minimum Gasteiger partial charge on any atom is -0.497 e. The molecule has 2 fully saturated rings. The van der Waals surface area contributed by atoms with Gasteiger partial charge in [-0.05, 0) is 83.1 Å². The number of carbonyl (C=O) groups is 3. The highest BCUT2D eigenvalue weighted by molar-refractivity contribution is 6.39. The molecular formula is C43H35NO5. The molecule has 8 rings (SSSR count). The normalized spacial score (nSPS) is 24.1. The predicted octanol–water partition coefficient (Wildman–Crippen LogP) is 7.51. The van der Waals surface area contributed by atoms with Crippen LogP contribution in [-0.4, -0.2) is 31.8 Å². The molecule has 2 bridgehead atoms. The van der Waals surface area contributed by atoms with E-state index in [9.17, 15) is 0 Å². The van der Waals surface area contributed by atoms with Gasteiger partial charge in [0.05, 0.1) is 42.6 Å². The first kappa shape index (κ1) is 30.6. The van der Waals surface area contributed by atoms with Crippen molar-refractivity contribution in [3.8, 4) is 11.5 Å². The monoisotopic (exact) mass is 645 g/mol. The van der Waals surface area contributed by atoms with E-state index in [2.05, 4.69) is 0 Å². The Bertz CT molecular complexity index is 2040. The van der Waals surface area contributed by atoms with Crippen molar-refractivity contribution >= 4 is 34.4 Å². The zero-order valence-electron chi connectivity index (χ0n) is 27.8. The number of ketones is 1. The summed E-state index contributed by atoms with van der Waals surface area (Å²) in [4.78, 5) is 47.9. The van der Waals surface area contributed by atoms with E-state index in [1.54, 1.807) is 14.2 Å². The Balaban J connectivity index is 1.54. The Morgan fingerprint density at radius 1 is 0.551 bits per heavy atom. The van der Waals surface area contributed by atoms with E-state index in [0.717, 1.165) is 33.4 Å². The molecule has 0 unspecified atom stereocenters. The number of amides is 2. The van der Waals surface area contributed by atoms with Crippen molar-refractivity contribution in [2.75, 3.05) is 19.1 Å². The van der Waals surface area contributed by atoms with Gasteiger partial charge in [0.15, 0.2) is 5.78 Å². The van der Waals surface area contributed by atoms with Crippen LogP contribution >= 0.6 is 0 Å². The summed E-state index contributed by atoms with van der Waals surface area (Å²) in [6.45, 7) is 3.90.